The monoisotopic (exact) mass is 318 g/mol. The molecule has 22 heavy (non-hydrogen) atoms. The summed E-state index contributed by atoms with van der Waals surface area (Å²) < 4.78 is 1.86. The van der Waals surface area contributed by atoms with Crippen molar-refractivity contribution >= 4 is 17.5 Å². The van der Waals surface area contributed by atoms with Gasteiger partial charge in [0.25, 0.3) is 0 Å². The van der Waals surface area contributed by atoms with Gasteiger partial charge in [-0.05, 0) is 31.4 Å². The number of aryl methyl sites for hydroxylation is 2. The van der Waals surface area contributed by atoms with Crippen molar-refractivity contribution in [2.45, 2.75) is 32.7 Å². The van der Waals surface area contributed by atoms with E-state index in [1.54, 1.807) is 0 Å². The van der Waals surface area contributed by atoms with E-state index in [9.17, 15) is 4.79 Å². The highest BCUT2D eigenvalue weighted by Crippen LogP contribution is 2.19. The van der Waals surface area contributed by atoms with Crippen molar-refractivity contribution in [3.63, 3.8) is 0 Å². The third-order valence-corrected chi connectivity index (χ3v) is 4.35. The Morgan fingerprint density at radius 1 is 1.45 bits per heavy atom. The molecule has 0 bridgehead atoms. The van der Waals surface area contributed by atoms with Crippen molar-refractivity contribution in [3.05, 3.63) is 46.5 Å². The first-order valence-corrected chi connectivity index (χ1v) is 7.92. The molecule has 0 spiro atoms. The van der Waals surface area contributed by atoms with Crippen LogP contribution < -0.4 is 5.32 Å². The summed E-state index contributed by atoms with van der Waals surface area (Å²) in [7, 11) is 0. The number of nitrogens with one attached hydrogen (secondary N) is 1. The van der Waals surface area contributed by atoms with Crippen LogP contribution in [-0.2, 0) is 24.2 Å². The molecule has 0 fully saturated rings. The Hall–Kier alpha value is -1.88. The Bertz CT molecular complexity index is 683. The molecule has 0 saturated heterocycles. The largest absolute Gasteiger partial charge is 0.355 e. The first kappa shape index (κ1) is 15.0. The maximum atomic E-state index is 12.3. The molecule has 1 aromatic carbocycles. The van der Waals surface area contributed by atoms with Crippen LogP contribution >= 0.6 is 11.6 Å². The van der Waals surface area contributed by atoms with E-state index in [2.05, 4.69) is 15.4 Å². The SMILES string of the molecule is Cc1nc2n(n1)CC(C(=O)NCCc1ccccc1Cl)CC2. The summed E-state index contributed by atoms with van der Waals surface area (Å²) in [5.74, 6) is 1.82. The summed E-state index contributed by atoms with van der Waals surface area (Å²) in [5.41, 5.74) is 1.06. The van der Waals surface area contributed by atoms with Gasteiger partial charge in [-0.2, -0.15) is 5.10 Å². The van der Waals surface area contributed by atoms with Gasteiger partial charge >= 0.3 is 0 Å². The number of carbonyl (C=O) groups excluding carboxylic acids is 1. The van der Waals surface area contributed by atoms with Gasteiger partial charge < -0.3 is 5.32 Å². The zero-order valence-corrected chi connectivity index (χ0v) is 13.3. The molecule has 2 heterocycles. The van der Waals surface area contributed by atoms with E-state index in [0.717, 1.165) is 41.5 Å². The molecule has 1 amide bonds. The van der Waals surface area contributed by atoms with Gasteiger partial charge in [0.2, 0.25) is 5.91 Å². The lowest BCUT2D eigenvalue weighted by molar-refractivity contribution is -0.126. The molecule has 1 aliphatic heterocycles. The molecule has 5 nitrogen and oxygen atoms in total. The molecule has 0 aliphatic carbocycles. The fourth-order valence-corrected chi connectivity index (χ4v) is 3.04. The van der Waals surface area contributed by atoms with E-state index in [1.807, 2.05) is 35.9 Å². The van der Waals surface area contributed by atoms with Crippen LogP contribution in [0.5, 0.6) is 0 Å². The highest BCUT2D eigenvalue weighted by Gasteiger charge is 2.26. The van der Waals surface area contributed by atoms with Gasteiger partial charge in [0, 0.05) is 18.0 Å². The summed E-state index contributed by atoms with van der Waals surface area (Å²) in [6, 6.07) is 7.72. The molecule has 0 saturated carbocycles. The van der Waals surface area contributed by atoms with Crippen molar-refractivity contribution in [1.82, 2.24) is 20.1 Å². The van der Waals surface area contributed by atoms with E-state index in [-0.39, 0.29) is 11.8 Å². The van der Waals surface area contributed by atoms with Crippen molar-refractivity contribution in [2.75, 3.05) is 6.54 Å². The standard InChI is InChI=1S/C16H19ClN4O/c1-11-19-15-7-6-13(10-21(15)20-11)16(22)18-9-8-12-4-2-3-5-14(12)17/h2-5,13H,6-10H2,1H3,(H,18,22). The predicted molar refractivity (Wildman–Crippen MR) is 84.7 cm³/mol. The van der Waals surface area contributed by atoms with Crippen LogP contribution in [-0.4, -0.2) is 27.2 Å². The molecule has 1 unspecified atom stereocenters. The number of carbonyl (C=O) groups is 1. The van der Waals surface area contributed by atoms with Crippen molar-refractivity contribution in [3.8, 4) is 0 Å². The molecule has 0 radical (unpaired) electrons. The summed E-state index contributed by atoms with van der Waals surface area (Å²) >= 11 is 6.12. The topological polar surface area (TPSA) is 59.8 Å². The fraction of sp³-hybridized carbons (Fsp3) is 0.438. The number of aromatic nitrogens is 3. The number of rotatable bonds is 4. The zero-order chi connectivity index (χ0) is 15.5. The molecule has 1 aliphatic rings. The Balaban J connectivity index is 1.52. The molecule has 1 N–H and O–H groups in total. The number of fused-ring (bicyclic) bond motifs is 1. The molecule has 2 aromatic rings. The minimum Gasteiger partial charge on any atom is -0.355 e. The Labute approximate surface area is 134 Å². The Morgan fingerprint density at radius 2 is 2.27 bits per heavy atom. The maximum absolute atomic E-state index is 12.3. The summed E-state index contributed by atoms with van der Waals surface area (Å²) in [5, 5.41) is 8.09. The van der Waals surface area contributed by atoms with Gasteiger partial charge in [0.15, 0.2) is 0 Å². The first-order chi connectivity index (χ1) is 10.6. The lowest BCUT2D eigenvalue weighted by Gasteiger charge is -2.21. The maximum Gasteiger partial charge on any atom is 0.225 e. The lowest BCUT2D eigenvalue weighted by atomic mass is 9.99. The molecule has 116 valence electrons. The number of nitrogens with zero attached hydrogens (tertiary/aromatic N) is 3. The van der Waals surface area contributed by atoms with Gasteiger partial charge in [-0.25, -0.2) is 9.67 Å². The van der Waals surface area contributed by atoms with Gasteiger partial charge in [0.05, 0.1) is 12.5 Å². The summed E-state index contributed by atoms with van der Waals surface area (Å²) in [4.78, 5) is 16.6. The Morgan fingerprint density at radius 3 is 3.09 bits per heavy atom. The number of benzene rings is 1. The highest BCUT2D eigenvalue weighted by atomic mass is 35.5. The minimum absolute atomic E-state index is 0.0279. The number of hydrogen-bond donors (Lipinski definition) is 1. The van der Waals surface area contributed by atoms with Crippen LogP contribution in [0, 0.1) is 12.8 Å². The van der Waals surface area contributed by atoms with Crippen LogP contribution in [0.15, 0.2) is 24.3 Å². The third-order valence-electron chi connectivity index (χ3n) is 3.99. The number of halogens is 1. The van der Waals surface area contributed by atoms with Crippen LogP contribution in [0.3, 0.4) is 0 Å². The van der Waals surface area contributed by atoms with E-state index in [4.69, 9.17) is 11.6 Å². The average Bonchev–Trinajstić information content (AvgIpc) is 2.88. The molecular formula is C16H19ClN4O. The molecule has 6 heteroatoms. The van der Waals surface area contributed by atoms with Crippen LogP contribution in [0.2, 0.25) is 5.02 Å². The van der Waals surface area contributed by atoms with Crippen molar-refractivity contribution in [2.24, 2.45) is 5.92 Å². The first-order valence-electron chi connectivity index (χ1n) is 7.55. The second kappa shape index (κ2) is 6.48. The highest BCUT2D eigenvalue weighted by molar-refractivity contribution is 6.31. The minimum atomic E-state index is -0.0279. The van der Waals surface area contributed by atoms with Crippen molar-refractivity contribution in [1.29, 1.82) is 0 Å². The quantitative estimate of drug-likeness (QED) is 0.939. The predicted octanol–water partition coefficient (Wildman–Crippen LogP) is 2.16. The smallest absolute Gasteiger partial charge is 0.225 e. The van der Waals surface area contributed by atoms with Crippen LogP contribution in [0.4, 0.5) is 0 Å². The van der Waals surface area contributed by atoms with Gasteiger partial charge in [0.1, 0.15) is 11.6 Å². The summed E-state index contributed by atoms with van der Waals surface area (Å²) in [6.45, 7) is 3.10. The number of hydrogen-bond acceptors (Lipinski definition) is 3. The van der Waals surface area contributed by atoms with Crippen LogP contribution in [0.25, 0.3) is 0 Å². The fourth-order valence-electron chi connectivity index (χ4n) is 2.81. The van der Waals surface area contributed by atoms with Crippen molar-refractivity contribution < 1.29 is 4.79 Å². The molecule has 1 aromatic heterocycles. The second-order valence-corrected chi connectivity index (χ2v) is 6.03. The number of amides is 1. The van der Waals surface area contributed by atoms with Crippen LogP contribution in [0.1, 0.15) is 23.6 Å². The van der Waals surface area contributed by atoms with E-state index in [1.165, 1.54) is 0 Å². The zero-order valence-electron chi connectivity index (χ0n) is 12.6. The Kier molecular flexibility index (Phi) is 4.43. The van der Waals surface area contributed by atoms with Gasteiger partial charge in [-0.1, -0.05) is 29.8 Å². The van der Waals surface area contributed by atoms with Gasteiger partial charge in [-0.3, -0.25) is 4.79 Å². The lowest BCUT2D eigenvalue weighted by Crippen LogP contribution is -2.37. The van der Waals surface area contributed by atoms with Gasteiger partial charge in [-0.15, -0.1) is 0 Å². The second-order valence-electron chi connectivity index (χ2n) is 5.63. The molecular weight excluding hydrogens is 300 g/mol. The molecule has 1 atom stereocenters. The van der Waals surface area contributed by atoms with E-state index >= 15 is 0 Å². The summed E-state index contributed by atoms with van der Waals surface area (Å²) in [6.07, 6.45) is 2.38. The van der Waals surface area contributed by atoms with E-state index < -0.39 is 0 Å². The normalized spacial score (nSPS) is 17.1. The average molecular weight is 319 g/mol. The van der Waals surface area contributed by atoms with E-state index in [0.29, 0.717) is 13.1 Å². The third kappa shape index (κ3) is 3.30. The molecule has 3 rings (SSSR count).